The number of carbonyl (C=O) groups excluding carboxylic acids is 1. The zero-order valence-electron chi connectivity index (χ0n) is 10.2. The standard InChI is InChI=1S/C11H15N5OS/c1-3-6-4-7-9(14-5(2)8(12)17)15-11(13)16-10(7)18-6/h4-5H,3H2,1-2H3,(H2,12,17)(H3,13,14,15,16). The van der Waals surface area contributed by atoms with Crippen LogP contribution in [0.1, 0.15) is 18.7 Å². The molecule has 2 aromatic rings. The highest BCUT2D eigenvalue weighted by molar-refractivity contribution is 7.18. The molecule has 0 radical (unpaired) electrons. The van der Waals surface area contributed by atoms with Gasteiger partial charge < -0.3 is 16.8 Å². The molecule has 0 aliphatic heterocycles. The number of aryl methyl sites for hydroxylation is 1. The molecule has 1 unspecified atom stereocenters. The van der Waals surface area contributed by atoms with E-state index in [1.54, 1.807) is 18.3 Å². The number of nitrogens with two attached hydrogens (primary N) is 2. The first-order valence-electron chi connectivity index (χ1n) is 5.63. The first kappa shape index (κ1) is 12.6. The van der Waals surface area contributed by atoms with E-state index in [1.165, 1.54) is 4.88 Å². The Bertz CT molecular complexity index is 594. The van der Waals surface area contributed by atoms with Crippen LogP contribution in [0, 0.1) is 0 Å². The van der Waals surface area contributed by atoms with Crippen LogP contribution in [0.5, 0.6) is 0 Å². The van der Waals surface area contributed by atoms with E-state index < -0.39 is 11.9 Å². The lowest BCUT2D eigenvalue weighted by molar-refractivity contribution is -0.118. The Morgan fingerprint density at radius 2 is 2.28 bits per heavy atom. The quantitative estimate of drug-likeness (QED) is 0.768. The van der Waals surface area contributed by atoms with Crippen LogP contribution in [-0.4, -0.2) is 21.9 Å². The molecule has 7 heteroatoms. The molecule has 0 saturated carbocycles. The summed E-state index contributed by atoms with van der Waals surface area (Å²) >= 11 is 1.57. The third-order valence-electron chi connectivity index (χ3n) is 2.59. The molecular weight excluding hydrogens is 250 g/mol. The average molecular weight is 265 g/mol. The highest BCUT2D eigenvalue weighted by atomic mass is 32.1. The topological polar surface area (TPSA) is 107 Å². The number of fused-ring (bicyclic) bond motifs is 1. The molecule has 0 aliphatic carbocycles. The zero-order chi connectivity index (χ0) is 13.3. The van der Waals surface area contributed by atoms with E-state index in [0.29, 0.717) is 5.82 Å². The fourth-order valence-electron chi connectivity index (χ4n) is 1.55. The molecule has 5 N–H and O–H groups in total. The van der Waals surface area contributed by atoms with Crippen LogP contribution in [0.15, 0.2) is 6.07 Å². The fraction of sp³-hybridized carbons (Fsp3) is 0.364. The van der Waals surface area contributed by atoms with Gasteiger partial charge in [0.25, 0.3) is 0 Å². The molecule has 0 aliphatic rings. The summed E-state index contributed by atoms with van der Waals surface area (Å²) in [5, 5.41) is 3.84. The summed E-state index contributed by atoms with van der Waals surface area (Å²) < 4.78 is 0. The monoisotopic (exact) mass is 265 g/mol. The Morgan fingerprint density at radius 3 is 2.89 bits per heavy atom. The van der Waals surface area contributed by atoms with E-state index in [9.17, 15) is 4.79 Å². The van der Waals surface area contributed by atoms with Gasteiger partial charge in [0, 0.05) is 4.88 Å². The number of nitrogens with one attached hydrogen (secondary N) is 1. The second-order valence-electron chi connectivity index (χ2n) is 3.98. The van der Waals surface area contributed by atoms with Gasteiger partial charge in [0.15, 0.2) is 0 Å². The zero-order valence-corrected chi connectivity index (χ0v) is 11.0. The van der Waals surface area contributed by atoms with Crippen LogP contribution in [-0.2, 0) is 11.2 Å². The molecule has 2 heterocycles. The normalized spacial score (nSPS) is 12.6. The molecule has 1 atom stereocenters. The Balaban J connectivity index is 2.47. The number of nitrogen functional groups attached to an aromatic ring is 1. The maximum atomic E-state index is 11.1. The van der Waals surface area contributed by atoms with Crippen LogP contribution in [0.2, 0.25) is 0 Å². The van der Waals surface area contributed by atoms with Crippen molar-refractivity contribution in [1.29, 1.82) is 0 Å². The maximum Gasteiger partial charge on any atom is 0.239 e. The Labute approximate surface area is 108 Å². The summed E-state index contributed by atoms with van der Waals surface area (Å²) in [4.78, 5) is 21.4. The van der Waals surface area contributed by atoms with Gasteiger partial charge in [0.2, 0.25) is 11.9 Å². The van der Waals surface area contributed by atoms with Crippen molar-refractivity contribution in [3.8, 4) is 0 Å². The Morgan fingerprint density at radius 1 is 1.56 bits per heavy atom. The average Bonchev–Trinajstić information content (AvgIpc) is 2.71. The summed E-state index contributed by atoms with van der Waals surface area (Å²) in [5.41, 5.74) is 10.9. The summed E-state index contributed by atoms with van der Waals surface area (Å²) in [7, 11) is 0. The van der Waals surface area contributed by atoms with Crippen molar-refractivity contribution < 1.29 is 4.79 Å². The molecule has 0 aromatic carbocycles. The molecule has 0 fully saturated rings. The summed E-state index contributed by atoms with van der Waals surface area (Å²) in [6, 6.07) is 1.50. The number of nitrogens with zero attached hydrogens (tertiary/aromatic N) is 2. The number of hydrogen-bond donors (Lipinski definition) is 3. The molecule has 2 rings (SSSR count). The SMILES string of the molecule is CCc1cc2c(NC(C)C(N)=O)nc(N)nc2s1. The van der Waals surface area contributed by atoms with Gasteiger partial charge in [-0.05, 0) is 19.4 Å². The molecule has 18 heavy (non-hydrogen) atoms. The highest BCUT2D eigenvalue weighted by Crippen LogP contribution is 2.30. The molecule has 6 nitrogen and oxygen atoms in total. The van der Waals surface area contributed by atoms with Crippen molar-refractivity contribution in [3.05, 3.63) is 10.9 Å². The van der Waals surface area contributed by atoms with E-state index >= 15 is 0 Å². The summed E-state index contributed by atoms with van der Waals surface area (Å²) in [6.07, 6.45) is 0.922. The van der Waals surface area contributed by atoms with E-state index in [2.05, 4.69) is 22.2 Å². The van der Waals surface area contributed by atoms with Gasteiger partial charge in [-0.3, -0.25) is 4.79 Å². The largest absolute Gasteiger partial charge is 0.368 e. The van der Waals surface area contributed by atoms with Crippen molar-refractivity contribution in [2.75, 3.05) is 11.1 Å². The van der Waals surface area contributed by atoms with Crippen molar-refractivity contribution in [2.45, 2.75) is 26.3 Å². The predicted molar refractivity (Wildman–Crippen MR) is 73.5 cm³/mol. The van der Waals surface area contributed by atoms with Gasteiger partial charge in [0.1, 0.15) is 16.7 Å². The van der Waals surface area contributed by atoms with Gasteiger partial charge in [-0.25, -0.2) is 4.98 Å². The summed E-state index contributed by atoms with van der Waals surface area (Å²) in [6.45, 7) is 3.75. The van der Waals surface area contributed by atoms with E-state index in [-0.39, 0.29) is 5.95 Å². The molecule has 0 spiro atoms. The summed E-state index contributed by atoms with van der Waals surface area (Å²) in [5.74, 6) is 0.303. The van der Waals surface area contributed by atoms with Gasteiger partial charge >= 0.3 is 0 Å². The number of hydrogen-bond acceptors (Lipinski definition) is 6. The van der Waals surface area contributed by atoms with Crippen molar-refractivity contribution in [2.24, 2.45) is 5.73 Å². The fourth-order valence-corrected chi connectivity index (χ4v) is 2.52. The lowest BCUT2D eigenvalue weighted by atomic mass is 10.2. The van der Waals surface area contributed by atoms with E-state index in [1.807, 2.05) is 6.07 Å². The molecular formula is C11H15N5OS. The minimum absolute atomic E-state index is 0.186. The number of primary amides is 1. The van der Waals surface area contributed by atoms with E-state index in [0.717, 1.165) is 16.6 Å². The first-order valence-corrected chi connectivity index (χ1v) is 6.44. The van der Waals surface area contributed by atoms with Crippen LogP contribution in [0.25, 0.3) is 10.2 Å². The van der Waals surface area contributed by atoms with Gasteiger partial charge in [-0.15, -0.1) is 11.3 Å². The number of anilines is 2. The number of rotatable bonds is 4. The molecule has 96 valence electrons. The second kappa shape index (κ2) is 4.77. The van der Waals surface area contributed by atoms with Gasteiger partial charge in [0.05, 0.1) is 5.39 Å². The number of carbonyl (C=O) groups is 1. The number of aromatic nitrogens is 2. The highest BCUT2D eigenvalue weighted by Gasteiger charge is 2.14. The van der Waals surface area contributed by atoms with Crippen LogP contribution < -0.4 is 16.8 Å². The van der Waals surface area contributed by atoms with Crippen molar-refractivity contribution >= 4 is 39.2 Å². The third kappa shape index (κ3) is 2.35. The number of amides is 1. The maximum absolute atomic E-state index is 11.1. The van der Waals surface area contributed by atoms with Crippen molar-refractivity contribution in [3.63, 3.8) is 0 Å². The Kier molecular flexibility index (Phi) is 3.33. The third-order valence-corrected chi connectivity index (χ3v) is 3.76. The molecule has 2 aromatic heterocycles. The first-order chi connectivity index (χ1) is 8.51. The molecule has 0 saturated heterocycles. The Hall–Kier alpha value is -1.89. The van der Waals surface area contributed by atoms with E-state index in [4.69, 9.17) is 11.5 Å². The van der Waals surface area contributed by atoms with Crippen molar-refractivity contribution in [1.82, 2.24) is 9.97 Å². The van der Waals surface area contributed by atoms with Crippen LogP contribution in [0.4, 0.5) is 11.8 Å². The minimum Gasteiger partial charge on any atom is -0.368 e. The lowest BCUT2D eigenvalue weighted by Crippen LogP contribution is -2.32. The number of thiophene rings is 1. The smallest absolute Gasteiger partial charge is 0.239 e. The molecule has 0 bridgehead atoms. The second-order valence-corrected chi connectivity index (χ2v) is 5.10. The lowest BCUT2D eigenvalue weighted by Gasteiger charge is -2.11. The van der Waals surface area contributed by atoms with Crippen LogP contribution in [0.3, 0.4) is 0 Å². The molecule has 1 amide bonds. The minimum atomic E-state index is -0.507. The van der Waals surface area contributed by atoms with Crippen LogP contribution >= 0.6 is 11.3 Å². The van der Waals surface area contributed by atoms with Gasteiger partial charge in [-0.1, -0.05) is 6.92 Å². The predicted octanol–water partition coefficient (Wildman–Crippen LogP) is 1.12. The van der Waals surface area contributed by atoms with Gasteiger partial charge in [-0.2, -0.15) is 4.98 Å².